The third-order valence-corrected chi connectivity index (χ3v) is 6.13. The lowest BCUT2D eigenvalue weighted by atomic mass is 9.90. The molecule has 0 N–H and O–H groups in total. The first kappa shape index (κ1) is 20.0. The molecule has 0 unspecified atom stereocenters. The SMILES string of the molecule is Cc1cccc(-c2ccccc2-c2ccc(-c3ccccc3-c3ccccc3C)cc2)c1. The highest BCUT2D eigenvalue weighted by Gasteiger charge is 2.11. The average Bonchev–Trinajstić information content (AvgIpc) is 2.85. The van der Waals surface area contributed by atoms with Crippen molar-refractivity contribution in [3.63, 3.8) is 0 Å². The second-order valence-electron chi connectivity index (χ2n) is 8.35. The Morgan fingerprint density at radius 2 is 0.812 bits per heavy atom. The van der Waals surface area contributed by atoms with Gasteiger partial charge in [-0.2, -0.15) is 0 Å². The topological polar surface area (TPSA) is 0 Å². The van der Waals surface area contributed by atoms with Gasteiger partial charge in [0.25, 0.3) is 0 Å². The number of aryl methyl sites for hydroxylation is 2. The van der Waals surface area contributed by atoms with Crippen LogP contribution in [-0.4, -0.2) is 0 Å². The van der Waals surface area contributed by atoms with E-state index in [0.717, 1.165) is 0 Å². The minimum atomic E-state index is 1.24. The van der Waals surface area contributed by atoms with E-state index >= 15 is 0 Å². The molecule has 0 aliphatic carbocycles. The third-order valence-electron chi connectivity index (χ3n) is 6.13. The first-order valence-electron chi connectivity index (χ1n) is 11.1. The normalized spacial score (nSPS) is 10.8. The van der Waals surface area contributed by atoms with Gasteiger partial charge in [-0.25, -0.2) is 0 Å². The summed E-state index contributed by atoms with van der Waals surface area (Å²) in [6.45, 7) is 4.32. The molecule has 0 saturated heterocycles. The quantitative estimate of drug-likeness (QED) is 0.277. The van der Waals surface area contributed by atoms with E-state index in [1.165, 1.54) is 55.6 Å². The number of benzene rings is 5. The summed E-state index contributed by atoms with van der Waals surface area (Å²) in [4.78, 5) is 0. The average molecular weight is 411 g/mol. The van der Waals surface area contributed by atoms with Gasteiger partial charge in [-0.1, -0.05) is 127 Å². The summed E-state index contributed by atoms with van der Waals surface area (Å²) >= 11 is 0. The van der Waals surface area contributed by atoms with Gasteiger partial charge < -0.3 is 0 Å². The van der Waals surface area contributed by atoms with Crippen LogP contribution in [0.5, 0.6) is 0 Å². The zero-order valence-corrected chi connectivity index (χ0v) is 18.5. The van der Waals surface area contributed by atoms with E-state index in [4.69, 9.17) is 0 Å². The molecule has 0 aromatic heterocycles. The fourth-order valence-electron chi connectivity index (χ4n) is 4.47. The summed E-state index contributed by atoms with van der Waals surface area (Å²) in [7, 11) is 0. The predicted molar refractivity (Wildman–Crippen MR) is 138 cm³/mol. The van der Waals surface area contributed by atoms with Gasteiger partial charge in [0.15, 0.2) is 0 Å². The van der Waals surface area contributed by atoms with E-state index in [1.807, 2.05) is 0 Å². The number of hydrogen-bond acceptors (Lipinski definition) is 0. The van der Waals surface area contributed by atoms with E-state index in [1.54, 1.807) is 0 Å². The summed E-state index contributed by atoms with van der Waals surface area (Å²) in [5.41, 5.74) is 12.7. The van der Waals surface area contributed by atoms with Crippen LogP contribution in [0, 0.1) is 13.8 Å². The molecule has 0 saturated carbocycles. The lowest BCUT2D eigenvalue weighted by Crippen LogP contribution is -1.89. The molecular weight excluding hydrogens is 384 g/mol. The van der Waals surface area contributed by atoms with Gasteiger partial charge in [-0.3, -0.25) is 0 Å². The van der Waals surface area contributed by atoms with Crippen molar-refractivity contribution in [1.82, 2.24) is 0 Å². The summed E-state index contributed by atoms with van der Waals surface area (Å²) in [6.07, 6.45) is 0. The Bertz CT molecular complexity index is 1370. The highest BCUT2D eigenvalue weighted by molar-refractivity contribution is 5.87. The Labute approximate surface area is 190 Å². The van der Waals surface area contributed by atoms with Crippen LogP contribution in [0.4, 0.5) is 0 Å². The van der Waals surface area contributed by atoms with Crippen molar-refractivity contribution in [1.29, 1.82) is 0 Å². The Morgan fingerprint density at radius 3 is 1.38 bits per heavy atom. The molecule has 0 bridgehead atoms. The van der Waals surface area contributed by atoms with Crippen LogP contribution >= 0.6 is 0 Å². The molecule has 0 fully saturated rings. The molecule has 154 valence electrons. The van der Waals surface area contributed by atoms with Gasteiger partial charge >= 0.3 is 0 Å². The molecule has 0 radical (unpaired) electrons. The second-order valence-corrected chi connectivity index (χ2v) is 8.35. The van der Waals surface area contributed by atoms with Crippen molar-refractivity contribution < 1.29 is 0 Å². The maximum Gasteiger partial charge on any atom is -0.0103 e. The van der Waals surface area contributed by atoms with Gasteiger partial charge in [-0.05, 0) is 63.9 Å². The van der Waals surface area contributed by atoms with Gasteiger partial charge in [0.2, 0.25) is 0 Å². The molecule has 0 heterocycles. The van der Waals surface area contributed by atoms with Crippen LogP contribution in [0.3, 0.4) is 0 Å². The van der Waals surface area contributed by atoms with Crippen LogP contribution in [0.2, 0.25) is 0 Å². The molecule has 0 aliphatic rings. The van der Waals surface area contributed by atoms with E-state index in [0.29, 0.717) is 0 Å². The first-order valence-corrected chi connectivity index (χ1v) is 11.1. The lowest BCUT2D eigenvalue weighted by Gasteiger charge is -2.14. The molecule has 0 heteroatoms. The van der Waals surface area contributed by atoms with E-state index in [-0.39, 0.29) is 0 Å². The largest absolute Gasteiger partial charge is 0.0620 e. The molecular formula is C32H26. The fraction of sp³-hybridized carbons (Fsp3) is 0.0625. The minimum Gasteiger partial charge on any atom is -0.0620 e. The maximum absolute atomic E-state index is 2.26. The molecule has 0 aliphatic heterocycles. The van der Waals surface area contributed by atoms with Crippen molar-refractivity contribution in [3.05, 3.63) is 132 Å². The Morgan fingerprint density at radius 1 is 0.344 bits per heavy atom. The zero-order valence-electron chi connectivity index (χ0n) is 18.5. The highest BCUT2D eigenvalue weighted by Crippen LogP contribution is 2.36. The van der Waals surface area contributed by atoms with Crippen LogP contribution in [0.25, 0.3) is 44.5 Å². The fourth-order valence-corrected chi connectivity index (χ4v) is 4.47. The smallest absolute Gasteiger partial charge is 0.0103 e. The predicted octanol–water partition coefficient (Wildman–Crippen LogP) is 8.97. The molecule has 5 aromatic rings. The monoisotopic (exact) mass is 410 g/mol. The standard InChI is InChI=1S/C32H26/c1-23-10-9-12-27(22-23)31-16-6-5-14-29(31)25-18-20-26(21-19-25)30-15-7-8-17-32(30)28-13-4-3-11-24(28)2/h3-22H,1-2H3. The molecule has 5 rings (SSSR count). The molecule has 5 aromatic carbocycles. The summed E-state index contributed by atoms with van der Waals surface area (Å²) in [5, 5.41) is 0. The van der Waals surface area contributed by atoms with E-state index in [2.05, 4.69) is 135 Å². The molecule has 0 amide bonds. The van der Waals surface area contributed by atoms with E-state index < -0.39 is 0 Å². The Hall–Kier alpha value is -3.90. The summed E-state index contributed by atoms with van der Waals surface area (Å²) < 4.78 is 0. The maximum atomic E-state index is 2.26. The van der Waals surface area contributed by atoms with Gasteiger partial charge in [-0.15, -0.1) is 0 Å². The molecule has 0 nitrogen and oxygen atoms in total. The van der Waals surface area contributed by atoms with Crippen molar-refractivity contribution in [2.75, 3.05) is 0 Å². The Balaban J connectivity index is 1.56. The van der Waals surface area contributed by atoms with Crippen LogP contribution in [0.15, 0.2) is 121 Å². The Kier molecular flexibility index (Phi) is 5.44. The van der Waals surface area contributed by atoms with Crippen molar-refractivity contribution in [2.24, 2.45) is 0 Å². The van der Waals surface area contributed by atoms with Crippen molar-refractivity contribution >= 4 is 0 Å². The van der Waals surface area contributed by atoms with Crippen LogP contribution < -0.4 is 0 Å². The number of hydrogen-bond donors (Lipinski definition) is 0. The van der Waals surface area contributed by atoms with Gasteiger partial charge in [0.1, 0.15) is 0 Å². The molecule has 0 spiro atoms. The highest BCUT2D eigenvalue weighted by atomic mass is 14.1. The molecule has 0 atom stereocenters. The summed E-state index contributed by atoms with van der Waals surface area (Å²) in [6, 6.07) is 43.7. The third kappa shape index (κ3) is 3.88. The van der Waals surface area contributed by atoms with Crippen LogP contribution in [0.1, 0.15) is 11.1 Å². The van der Waals surface area contributed by atoms with Gasteiger partial charge in [0, 0.05) is 0 Å². The van der Waals surface area contributed by atoms with Gasteiger partial charge in [0.05, 0.1) is 0 Å². The minimum absolute atomic E-state index is 1.24. The van der Waals surface area contributed by atoms with Crippen LogP contribution in [-0.2, 0) is 0 Å². The number of rotatable bonds is 4. The molecule has 32 heavy (non-hydrogen) atoms. The zero-order chi connectivity index (χ0) is 21.9. The van der Waals surface area contributed by atoms with E-state index in [9.17, 15) is 0 Å². The summed E-state index contributed by atoms with van der Waals surface area (Å²) in [5.74, 6) is 0. The second kappa shape index (κ2) is 8.69. The van der Waals surface area contributed by atoms with Crippen molar-refractivity contribution in [2.45, 2.75) is 13.8 Å². The first-order chi connectivity index (χ1) is 15.7. The lowest BCUT2D eigenvalue weighted by molar-refractivity contribution is 1.45. The van der Waals surface area contributed by atoms with Crippen molar-refractivity contribution in [3.8, 4) is 44.5 Å².